The van der Waals surface area contributed by atoms with Crippen molar-refractivity contribution in [3.8, 4) is 12.3 Å². The van der Waals surface area contributed by atoms with Crippen molar-refractivity contribution in [3.63, 3.8) is 0 Å². The highest BCUT2D eigenvalue weighted by atomic mass is 19.4. The molecule has 20 heavy (non-hydrogen) atoms. The third-order valence-electron chi connectivity index (χ3n) is 3.05. The molecule has 0 spiro atoms. The van der Waals surface area contributed by atoms with E-state index in [4.69, 9.17) is 11.2 Å². The van der Waals surface area contributed by atoms with E-state index in [1.54, 1.807) is 0 Å². The molecule has 0 aliphatic heterocycles. The maximum Gasteiger partial charge on any atom is 0.416 e. The molecular weight excluding hydrogens is 265 g/mol. The molecule has 0 aromatic heterocycles. The van der Waals surface area contributed by atoms with Gasteiger partial charge in [0.15, 0.2) is 0 Å². The molecular formula is C16H19F3O. The number of unbranched alkanes of at least 4 members (excludes halogenated alkanes) is 2. The van der Waals surface area contributed by atoms with Crippen LogP contribution in [0.15, 0.2) is 24.3 Å². The Labute approximate surface area is 118 Å². The fourth-order valence-electron chi connectivity index (χ4n) is 1.96. The maximum absolute atomic E-state index is 12.5. The minimum atomic E-state index is -4.31. The van der Waals surface area contributed by atoms with E-state index in [0.717, 1.165) is 43.4 Å². The van der Waals surface area contributed by atoms with Crippen molar-refractivity contribution in [2.75, 3.05) is 6.61 Å². The first kappa shape index (κ1) is 16.6. The predicted octanol–water partition coefficient (Wildman–Crippen LogP) is 4.98. The van der Waals surface area contributed by atoms with Crippen LogP contribution < -0.4 is 0 Å². The van der Waals surface area contributed by atoms with Crippen molar-refractivity contribution in [1.82, 2.24) is 0 Å². The van der Waals surface area contributed by atoms with Crippen LogP contribution in [0.5, 0.6) is 0 Å². The zero-order valence-electron chi connectivity index (χ0n) is 11.5. The molecule has 0 amide bonds. The van der Waals surface area contributed by atoms with Crippen molar-refractivity contribution in [3.05, 3.63) is 35.4 Å². The molecule has 0 aliphatic rings. The molecule has 0 saturated carbocycles. The van der Waals surface area contributed by atoms with E-state index in [1.807, 2.05) is 0 Å². The van der Waals surface area contributed by atoms with Crippen molar-refractivity contribution in [1.29, 1.82) is 0 Å². The summed E-state index contributed by atoms with van der Waals surface area (Å²) in [6.07, 6.45) is 4.50. The van der Waals surface area contributed by atoms with Crippen molar-refractivity contribution >= 4 is 0 Å². The summed E-state index contributed by atoms with van der Waals surface area (Å²) < 4.78 is 43.1. The Kier molecular flexibility index (Phi) is 6.60. The second kappa shape index (κ2) is 7.96. The van der Waals surface area contributed by atoms with Gasteiger partial charge in [-0.15, -0.1) is 6.42 Å². The Morgan fingerprint density at radius 2 is 1.85 bits per heavy atom. The van der Waals surface area contributed by atoms with Crippen LogP contribution in [-0.4, -0.2) is 6.61 Å². The number of terminal acetylenes is 1. The first-order valence-electron chi connectivity index (χ1n) is 6.71. The molecule has 110 valence electrons. The lowest BCUT2D eigenvalue weighted by Crippen LogP contribution is -2.08. The maximum atomic E-state index is 12.5. The van der Waals surface area contributed by atoms with Gasteiger partial charge in [-0.1, -0.05) is 44.2 Å². The van der Waals surface area contributed by atoms with E-state index < -0.39 is 11.7 Å². The lowest BCUT2D eigenvalue weighted by Gasteiger charge is -2.17. The first-order chi connectivity index (χ1) is 9.49. The van der Waals surface area contributed by atoms with Crippen molar-refractivity contribution in [2.24, 2.45) is 0 Å². The Morgan fingerprint density at radius 1 is 1.20 bits per heavy atom. The van der Waals surface area contributed by atoms with Crippen LogP contribution in [0.3, 0.4) is 0 Å². The smallest absolute Gasteiger partial charge is 0.361 e. The molecule has 4 heteroatoms. The molecule has 0 saturated heterocycles. The van der Waals surface area contributed by atoms with E-state index >= 15 is 0 Å². The number of hydrogen-bond donors (Lipinski definition) is 0. The second-order valence-corrected chi connectivity index (χ2v) is 4.62. The van der Waals surface area contributed by atoms with E-state index in [-0.39, 0.29) is 12.7 Å². The molecule has 0 heterocycles. The van der Waals surface area contributed by atoms with Gasteiger partial charge >= 0.3 is 6.18 Å². The molecule has 0 radical (unpaired) electrons. The summed E-state index contributed by atoms with van der Waals surface area (Å²) in [5.74, 6) is 2.39. The zero-order chi connectivity index (χ0) is 15.0. The van der Waals surface area contributed by atoms with Crippen LogP contribution in [0, 0.1) is 12.3 Å². The highest BCUT2D eigenvalue weighted by Crippen LogP contribution is 2.31. The van der Waals surface area contributed by atoms with E-state index in [1.165, 1.54) is 12.1 Å². The summed E-state index contributed by atoms with van der Waals surface area (Å²) in [5.41, 5.74) is 0.0925. The molecule has 1 atom stereocenters. The van der Waals surface area contributed by atoms with Gasteiger partial charge in [0.1, 0.15) is 6.61 Å². The first-order valence-corrected chi connectivity index (χ1v) is 6.71. The number of benzene rings is 1. The van der Waals surface area contributed by atoms with E-state index in [2.05, 4.69) is 12.8 Å². The lowest BCUT2D eigenvalue weighted by molar-refractivity contribution is -0.137. The Balaban J connectivity index is 2.76. The zero-order valence-corrected chi connectivity index (χ0v) is 11.5. The Bertz CT molecular complexity index is 429. The molecule has 1 nitrogen and oxygen atoms in total. The van der Waals surface area contributed by atoms with Crippen molar-refractivity contribution in [2.45, 2.75) is 44.9 Å². The topological polar surface area (TPSA) is 9.23 Å². The van der Waals surface area contributed by atoms with Gasteiger partial charge in [-0.2, -0.15) is 13.2 Å². The van der Waals surface area contributed by atoms with Gasteiger partial charge in [-0.25, -0.2) is 0 Å². The van der Waals surface area contributed by atoms with Gasteiger partial charge in [-0.3, -0.25) is 0 Å². The average molecular weight is 284 g/mol. The third kappa shape index (κ3) is 5.26. The summed E-state index contributed by atoms with van der Waals surface area (Å²) in [4.78, 5) is 0. The molecule has 0 fully saturated rings. The summed E-state index contributed by atoms with van der Waals surface area (Å²) in [6, 6.07) is 5.11. The van der Waals surface area contributed by atoms with Gasteiger partial charge in [0, 0.05) is 0 Å². The number of alkyl halides is 3. The molecule has 1 unspecified atom stereocenters. The monoisotopic (exact) mass is 284 g/mol. The average Bonchev–Trinajstić information content (AvgIpc) is 2.42. The SMILES string of the molecule is C#CCOC(CCCCC)c1ccc(C(F)(F)F)cc1. The summed E-state index contributed by atoms with van der Waals surface area (Å²) in [5, 5.41) is 0. The Hall–Kier alpha value is -1.47. The lowest BCUT2D eigenvalue weighted by atomic mass is 10.0. The van der Waals surface area contributed by atoms with Crippen LogP contribution in [0.25, 0.3) is 0 Å². The second-order valence-electron chi connectivity index (χ2n) is 4.62. The van der Waals surface area contributed by atoms with Crippen LogP contribution in [0.1, 0.15) is 49.8 Å². The Morgan fingerprint density at radius 3 is 2.35 bits per heavy atom. The van der Waals surface area contributed by atoms with Gasteiger partial charge in [0.25, 0.3) is 0 Å². The standard InChI is InChI=1S/C16H19F3O/c1-3-5-6-7-15(20-12-4-2)13-8-10-14(11-9-13)16(17,18)19/h2,8-11,15H,3,5-7,12H2,1H3. The van der Waals surface area contributed by atoms with Crippen LogP contribution >= 0.6 is 0 Å². The van der Waals surface area contributed by atoms with Crippen molar-refractivity contribution < 1.29 is 17.9 Å². The molecule has 0 aliphatic carbocycles. The number of halogens is 3. The fraction of sp³-hybridized carbons (Fsp3) is 0.500. The number of rotatable bonds is 7. The molecule has 1 rings (SSSR count). The quantitative estimate of drug-likeness (QED) is 0.507. The molecule has 1 aromatic rings. The van der Waals surface area contributed by atoms with Gasteiger partial charge in [0.05, 0.1) is 11.7 Å². The minimum Gasteiger partial charge on any atom is -0.361 e. The third-order valence-corrected chi connectivity index (χ3v) is 3.05. The number of hydrogen-bond acceptors (Lipinski definition) is 1. The molecule has 1 aromatic carbocycles. The van der Waals surface area contributed by atoms with E-state index in [0.29, 0.717) is 0 Å². The van der Waals surface area contributed by atoms with Crippen LogP contribution in [0.4, 0.5) is 13.2 Å². The molecule has 0 bridgehead atoms. The molecule has 0 N–H and O–H groups in total. The summed E-state index contributed by atoms with van der Waals surface area (Å²) in [6.45, 7) is 2.26. The summed E-state index contributed by atoms with van der Waals surface area (Å²) in [7, 11) is 0. The minimum absolute atomic E-state index is 0.164. The van der Waals surface area contributed by atoms with Crippen LogP contribution in [-0.2, 0) is 10.9 Å². The van der Waals surface area contributed by atoms with Gasteiger partial charge < -0.3 is 4.74 Å². The predicted molar refractivity (Wildman–Crippen MR) is 73.1 cm³/mol. The van der Waals surface area contributed by atoms with Gasteiger partial charge in [-0.05, 0) is 24.1 Å². The normalized spacial score (nSPS) is 12.9. The van der Waals surface area contributed by atoms with Crippen LogP contribution in [0.2, 0.25) is 0 Å². The fourth-order valence-corrected chi connectivity index (χ4v) is 1.96. The summed E-state index contributed by atoms with van der Waals surface area (Å²) >= 11 is 0. The van der Waals surface area contributed by atoms with E-state index in [9.17, 15) is 13.2 Å². The highest BCUT2D eigenvalue weighted by molar-refractivity contribution is 5.26. The largest absolute Gasteiger partial charge is 0.416 e. The number of ether oxygens (including phenoxy) is 1. The van der Waals surface area contributed by atoms with Gasteiger partial charge in [0.2, 0.25) is 0 Å². The highest BCUT2D eigenvalue weighted by Gasteiger charge is 2.30.